The van der Waals surface area contributed by atoms with Gasteiger partial charge < -0.3 is 10.6 Å². The molecule has 0 saturated carbocycles. The van der Waals surface area contributed by atoms with E-state index in [-0.39, 0.29) is 17.8 Å². The van der Waals surface area contributed by atoms with E-state index < -0.39 is 22.6 Å². The summed E-state index contributed by atoms with van der Waals surface area (Å²) in [6, 6.07) is 11.0. The molecule has 2 rings (SSSR count). The Hall–Kier alpha value is -4.08. The lowest BCUT2D eigenvalue weighted by Gasteiger charge is -2.08. The van der Waals surface area contributed by atoms with E-state index in [4.69, 9.17) is 0 Å². The molecule has 156 valence electrons. The van der Waals surface area contributed by atoms with E-state index in [2.05, 4.69) is 21.2 Å². The summed E-state index contributed by atoms with van der Waals surface area (Å²) in [6.45, 7) is 5.09. The number of nitrogens with one attached hydrogen (secondary N) is 3. The number of hydrogen-bond acceptors (Lipinski definition) is 6. The molecule has 0 aliphatic heterocycles. The summed E-state index contributed by atoms with van der Waals surface area (Å²) in [5, 5.41) is 19.6. The summed E-state index contributed by atoms with van der Waals surface area (Å²) in [6.07, 6.45) is -0.179. The van der Waals surface area contributed by atoms with E-state index in [9.17, 15) is 24.5 Å². The van der Waals surface area contributed by atoms with Gasteiger partial charge >= 0.3 is 11.8 Å². The maximum Gasteiger partial charge on any atom is 0.329 e. The second-order valence-electron chi connectivity index (χ2n) is 6.59. The minimum Gasteiger partial charge on any atom is -0.325 e. The monoisotopic (exact) mass is 411 g/mol. The first kappa shape index (κ1) is 22.2. The molecule has 3 N–H and O–H groups in total. The van der Waals surface area contributed by atoms with Crippen molar-refractivity contribution in [2.24, 2.45) is 5.10 Å². The van der Waals surface area contributed by atoms with Gasteiger partial charge in [0.1, 0.15) is 0 Å². The predicted molar refractivity (Wildman–Crippen MR) is 112 cm³/mol. The number of anilines is 2. The Morgan fingerprint density at radius 2 is 1.67 bits per heavy atom. The average Bonchev–Trinajstić information content (AvgIpc) is 2.69. The van der Waals surface area contributed by atoms with Crippen LogP contribution >= 0.6 is 0 Å². The van der Waals surface area contributed by atoms with E-state index in [1.165, 1.54) is 25.1 Å². The van der Waals surface area contributed by atoms with Crippen LogP contribution in [0.1, 0.15) is 24.5 Å². The third-order valence-electron chi connectivity index (χ3n) is 3.99. The highest BCUT2D eigenvalue weighted by atomic mass is 16.6. The normalized spacial score (nSPS) is 10.8. The molecule has 0 fully saturated rings. The average molecular weight is 411 g/mol. The summed E-state index contributed by atoms with van der Waals surface area (Å²) < 4.78 is 0. The zero-order chi connectivity index (χ0) is 22.3. The van der Waals surface area contributed by atoms with Gasteiger partial charge in [0.15, 0.2) is 0 Å². The summed E-state index contributed by atoms with van der Waals surface area (Å²) in [7, 11) is 0. The van der Waals surface area contributed by atoms with Crippen LogP contribution in [0.25, 0.3) is 0 Å². The van der Waals surface area contributed by atoms with Gasteiger partial charge in [0.25, 0.3) is 5.69 Å². The van der Waals surface area contributed by atoms with Crippen molar-refractivity contribution in [3.05, 3.63) is 63.7 Å². The highest BCUT2D eigenvalue weighted by molar-refractivity contribution is 6.39. The molecule has 0 radical (unpaired) electrons. The van der Waals surface area contributed by atoms with Gasteiger partial charge in [-0.25, -0.2) is 5.43 Å². The van der Waals surface area contributed by atoms with Crippen LogP contribution in [0.3, 0.4) is 0 Å². The molecule has 0 saturated heterocycles. The minimum atomic E-state index is -0.982. The number of amides is 3. The fraction of sp³-hybridized carbons (Fsp3) is 0.200. The van der Waals surface area contributed by atoms with E-state index in [1.807, 2.05) is 6.92 Å². The van der Waals surface area contributed by atoms with Crippen LogP contribution in [0.4, 0.5) is 17.1 Å². The van der Waals surface area contributed by atoms with Crippen molar-refractivity contribution >= 4 is 40.5 Å². The van der Waals surface area contributed by atoms with Gasteiger partial charge in [-0.15, -0.1) is 0 Å². The van der Waals surface area contributed by atoms with Gasteiger partial charge in [-0.3, -0.25) is 24.5 Å². The number of carbonyl (C=O) groups excluding carboxylic acids is 3. The molecule has 2 aromatic rings. The highest BCUT2D eigenvalue weighted by Gasteiger charge is 2.14. The Balaban J connectivity index is 1.89. The highest BCUT2D eigenvalue weighted by Crippen LogP contribution is 2.22. The number of hydrazone groups is 1. The number of nitro groups is 1. The maximum absolute atomic E-state index is 12.1. The molecule has 3 amide bonds. The van der Waals surface area contributed by atoms with Crippen LogP contribution in [0.5, 0.6) is 0 Å². The summed E-state index contributed by atoms with van der Waals surface area (Å²) in [5.41, 5.74) is 4.63. The standard InChI is InChI=1S/C20H21N5O5/c1-12-4-7-15(8-5-12)21-19(27)20(28)24-23-14(3)10-18(26)22-17-11-16(25(29)30)9-6-13(17)2/h4-9,11H,10H2,1-3H3,(H,21,27)(H,22,26)(H,24,28)/b23-14+. The number of nitro benzene ring substituents is 1. The van der Waals surface area contributed by atoms with E-state index in [0.717, 1.165) is 5.56 Å². The molecule has 10 heteroatoms. The van der Waals surface area contributed by atoms with Crippen LogP contribution in [-0.2, 0) is 14.4 Å². The van der Waals surface area contributed by atoms with Crippen LogP contribution in [0, 0.1) is 24.0 Å². The first-order valence-electron chi connectivity index (χ1n) is 8.91. The molecule has 0 bridgehead atoms. The zero-order valence-corrected chi connectivity index (χ0v) is 16.7. The summed E-state index contributed by atoms with van der Waals surface area (Å²) >= 11 is 0. The Kier molecular flexibility index (Phi) is 7.34. The lowest BCUT2D eigenvalue weighted by Crippen LogP contribution is -2.33. The lowest BCUT2D eigenvalue weighted by atomic mass is 10.1. The predicted octanol–water partition coefficient (Wildman–Crippen LogP) is 2.67. The number of rotatable bonds is 6. The molecule has 2 aromatic carbocycles. The summed E-state index contributed by atoms with van der Waals surface area (Å²) in [4.78, 5) is 46.2. The Labute approximate surface area is 172 Å². The molecule has 0 aliphatic carbocycles. The second kappa shape index (κ2) is 9.92. The van der Waals surface area contributed by atoms with Gasteiger partial charge in [-0.05, 0) is 38.5 Å². The molecule has 0 atom stereocenters. The zero-order valence-electron chi connectivity index (χ0n) is 16.7. The van der Waals surface area contributed by atoms with Crippen molar-refractivity contribution in [2.45, 2.75) is 27.2 Å². The van der Waals surface area contributed by atoms with Crippen molar-refractivity contribution in [2.75, 3.05) is 10.6 Å². The van der Waals surface area contributed by atoms with Gasteiger partial charge in [0.05, 0.1) is 17.0 Å². The Morgan fingerprint density at radius 3 is 2.30 bits per heavy atom. The Bertz CT molecular complexity index is 1010. The number of benzene rings is 2. The SMILES string of the molecule is C/C(CC(=O)Nc1cc([N+](=O)[O-])ccc1C)=N\NC(=O)C(=O)Nc1ccc(C)cc1. The third kappa shape index (κ3) is 6.51. The lowest BCUT2D eigenvalue weighted by molar-refractivity contribution is -0.384. The van der Waals surface area contributed by atoms with Crippen molar-refractivity contribution in [3.8, 4) is 0 Å². The molecule has 0 aliphatic rings. The minimum absolute atomic E-state index is 0.145. The second-order valence-corrected chi connectivity index (χ2v) is 6.59. The van der Waals surface area contributed by atoms with Gasteiger partial charge in [-0.2, -0.15) is 5.10 Å². The largest absolute Gasteiger partial charge is 0.329 e. The molecule has 0 heterocycles. The Morgan fingerprint density at radius 1 is 1.00 bits per heavy atom. The quantitative estimate of drug-likeness (QED) is 0.290. The van der Waals surface area contributed by atoms with Crippen molar-refractivity contribution in [3.63, 3.8) is 0 Å². The fourth-order valence-corrected chi connectivity index (χ4v) is 2.35. The van der Waals surface area contributed by atoms with Crippen LogP contribution in [0.15, 0.2) is 47.6 Å². The van der Waals surface area contributed by atoms with E-state index >= 15 is 0 Å². The van der Waals surface area contributed by atoms with Crippen molar-refractivity contribution in [1.29, 1.82) is 0 Å². The first-order valence-corrected chi connectivity index (χ1v) is 8.91. The van der Waals surface area contributed by atoms with E-state index in [1.54, 1.807) is 31.2 Å². The number of aryl methyl sites for hydroxylation is 2. The maximum atomic E-state index is 12.1. The fourth-order valence-electron chi connectivity index (χ4n) is 2.35. The van der Waals surface area contributed by atoms with Gasteiger partial charge in [-0.1, -0.05) is 23.8 Å². The molecule has 0 aromatic heterocycles. The number of hydrogen-bond donors (Lipinski definition) is 3. The first-order chi connectivity index (χ1) is 14.2. The van der Waals surface area contributed by atoms with Crippen molar-refractivity contribution in [1.82, 2.24) is 5.43 Å². The molecular formula is C20H21N5O5. The van der Waals surface area contributed by atoms with Crippen LogP contribution in [-0.4, -0.2) is 28.4 Å². The van der Waals surface area contributed by atoms with Gasteiger partial charge in [0.2, 0.25) is 5.91 Å². The number of non-ortho nitro benzene ring substituents is 1. The molecule has 0 spiro atoms. The van der Waals surface area contributed by atoms with Crippen molar-refractivity contribution < 1.29 is 19.3 Å². The molecule has 10 nitrogen and oxygen atoms in total. The third-order valence-corrected chi connectivity index (χ3v) is 3.99. The molecule has 30 heavy (non-hydrogen) atoms. The molecular weight excluding hydrogens is 390 g/mol. The number of nitrogens with zero attached hydrogens (tertiary/aromatic N) is 2. The molecule has 0 unspecified atom stereocenters. The van der Waals surface area contributed by atoms with Crippen LogP contribution < -0.4 is 16.1 Å². The smallest absolute Gasteiger partial charge is 0.325 e. The summed E-state index contributed by atoms with van der Waals surface area (Å²) in [5.74, 6) is -2.35. The van der Waals surface area contributed by atoms with Gasteiger partial charge in [0, 0.05) is 23.5 Å². The topological polar surface area (TPSA) is 143 Å². The number of carbonyl (C=O) groups is 3. The van der Waals surface area contributed by atoms with Crippen LogP contribution in [0.2, 0.25) is 0 Å². The van der Waals surface area contributed by atoms with E-state index in [0.29, 0.717) is 16.9 Å².